The quantitative estimate of drug-likeness (QED) is 0.268. The van der Waals surface area contributed by atoms with Gasteiger partial charge in [-0.1, -0.05) is 6.07 Å². The lowest BCUT2D eigenvalue weighted by Crippen LogP contribution is -2.46. The Hall–Kier alpha value is -0.720. The van der Waals surface area contributed by atoms with Crippen molar-refractivity contribution in [3.05, 3.63) is 44.8 Å². The fraction of sp³-hybridized carbons (Fsp3) is 0.550. The molecule has 3 heterocycles. The van der Waals surface area contributed by atoms with E-state index >= 15 is 0 Å². The second-order valence-electron chi connectivity index (χ2n) is 7.04. The summed E-state index contributed by atoms with van der Waals surface area (Å²) in [6.07, 6.45) is 0. The summed E-state index contributed by atoms with van der Waals surface area (Å²) in [5, 5.41) is 23.6. The molecule has 0 aromatic carbocycles. The van der Waals surface area contributed by atoms with Gasteiger partial charge in [-0.3, -0.25) is 4.90 Å². The number of halogens is 1. The van der Waals surface area contributed by atoms with Crippen LogP contribution >= 0.6 is 46.7 Å². The van der Waals surface area contributed by atoms with Gasteiger partial charge in [0, 0.05) is 31.1 Å². The molecule has 0 radical (unpaired) electrons. The molecule has 29 heavy (non-hydrogen) atoms. The molecule has 6 nitrogen and oxygen atoms in total. The van der Waals surface area contributed by atoms with E-state index in [1.165, 1.54) is 4.88 Å². The van der Waals surface area contributed by atoms with E-state index in [4.69, 9.17) is 4.74 Å². The standard InChI is InChI=1S/C20H30N4O2S2.HI/c1-3-21-19(23-15-20(2,25)16-6-12-27-14-16)22-13-17(18-5-4-11-28-18)24-7-9-26-10-8-24;/h4-6,11-12,14,17,25H,3,7-10,13,15H2,1-2H3,(H2,21,22,23);1H. The lowest BCUT2D eigenvalue weighted by Gasteiger charge is -2.34. The molecule has 2 aromatic heterocycles. The van der Waals surface area contributed by atoms with Crippen molar-refractivity contribution in [3.8, 4) is 0 Å². The number of hydrogen-bond acceptors (Lipinski definition) is 6. The number of nitrogens with zero attached hydrogens (tertiary/aromatic N) is 2. The molecule has 0 saturated carbocycles. The number of morpholine rings is 1. The maximum atomic E-state index is 10.7. The summed E-state index contributed by atoms with van der Waals surface area (Å²) < 4.78 is 5.52. The maximum Gasteiger partial charge on any atom is 0.191 e. The summed E-state index contributed by atoms with van der Waals surface area (Å²) in [7, 11) is 0. The maximum absolute atomic E-state index is 10.7. The Morgan fingerprint density at radius 1 is 1.31 bits per heavy atom. The molecule has 0 spiro atoms. The highest BCUT2D eigenvalue weighted by Crippen LogP contribution is 2.26. The molecular formula is C20H31IN4O2S2. The van der Waals surface area contributed by atoms with Crippen molar-refractivity contribution >= 4 is 52.6 Å². The summed E-state index contributed by atoms with van der Waals surface area (Å²) >= 11 is 3.37. The Labute approximate surface area is 198 Å². The Kier molecular flexibility index (Phi) is 10.3. The zero-order valence-corrected chi connectivity index (χ0v) is 20.9. The molecule has 1 aliphatic heterocycles. The van der Waals surface area contributed by atoms with Crippen LogP contribution in [0.3, 0.4) is 0 Å². The second-order valence-corrected chi connectivity index (χ2v) is 8.80. The van der Waals surface area contributed by atoms with E-state index in [9.17, 15) is 5.11 Å². The number of thiophene rings is 2. The molecule has 2 unspecified atom stereocenters. The van der Waals surface area contributed by atoms with Gasteiger partial charge in [0.25, 0.3) is 0 Å². The minimum atomic E-state index is -0.973. The molecule has 1 saturated heterocycles. The normalized spacial score (nSPS) is 18.5. The van der Waals surface area contributed by atoms with Crippen molar-refractivity contribution < 1.29 is 9.84 Å². The van der Waals surface area contributed by atoms with E-state index in [2.05, 4.69) is 38.0 Å². The summed E-state index contributed by atoms with van der Waals surface area (Å²) in [5.41, 5.74) is -0.0680. The van der Waals surface area contributed by atoms with E-state index < -0.39 is 5.60 Å². The molecule has 0 bridgehead atoms. The fourth-order valence-corrected chi connectivity index (χ4v) is 4.85. The first-order valence-corrected chi connectivity index (χ1v) is 11.5. The number of guanidine groups is 1. The van der Waals surface area contributed by atoms with Crippen LogP contribution in [0.1, 0.15) is 30.3 Å². The molecule has 0 aliphatic carbocycles. The van der Waals surface area contributed by atoms with E-state index in [1.54, 1.807) is 22.7 Å². The third-order valence-corrected chi connectivity index (χ3v) is 6.51. The van der Waals surface area contributed by atoms with Gasteiger partial charge in [-0.25, -0.2) is 4.99 Å². The number of aliphatic hydroxyl groups is 1. The smallest absolute Gasteiger partial charge is 0.191 e. The minimum absolute atomic E-state index is 0. The van der Waals surface area contributed by atoms with Gasteiger partial charge in [-0.05, 0) is 47.7 Å². The average Bonchev–Trinajstić information content (AvgIpc) is 3.41. The van der Waals surface area contributed by atoms with Gasteiger partial charge >= 0.3 is 0 Å². The van der Waals surface area contributed by atoms with Gasteiger partial charge < -0.3 is 20.5 Å². The minimum Gasteiger partial charge on any atom is -0.383 e. The number of aliphatic imine (C=N–C) groups is 1. The first kappa shape index (κ1) is 24.5. The second kappa shape index (κ2) is 12.2. The molecular weight excluding hydrogens is 519 g/mol. The highest BCUT2D eigenvalue weighted by molar-refractivity contribution is 14.0. The van der Waals surface area contributed by atoms with Gasteiger partial charge in [0.2, 0.25) is 0 Å². The first-order valence-electron chi connectivity index (χ1n) is 9.72. The Bertz CT molecular complexity index is 717. The van der Waals surface area contributed by atoms with E-state index in [0.29, 0.717) is 6.54 Å². The van der Waals surface area contributed by atoms with Crippen molar-refractivity contribution in [2.75, 3.05) is 45.9 Å². The van der Waals surface area contributed by atoms with Crippen LogP contribution in [0.2, 0.25) is 0 Å². The highest BCUT2D eigenvalue weighted by atomic mass is 127. The van der Waals surface area contributed by atoms with Crippen LogP contribution < -0.4 is 10.6 Å². The van der Waals surface area contributed by atoms with E-state index in [0.717, 1.165) is 50.9 Å². The summed E-state index contributed by atoms with van der Waals surface area (Å²) in [6.45, 7) is 9.12. The van der Waals surface area contributed by atoms with Crippen molar-refractivity contribution in [1.82, 2.24) is 15.5 Å². The van der Waals surface area contributed by atoms with Crippen molar-refractivity contribution in [2.45, 2.75) is 25.5 Å². The van der Waals surface area contributed by atoms with Gasteiger partial charge in [0.1, 0.15) is 5.60 Å². The fourth-order valence-electron chi connectivity index (χ4n) is 3.21. The van der Waals surface area contributed by atoms with Crippen LogP contribution in [0.5, 0.6) is 0 Å². The number of ether oxygens (including phenoxy) is 1. The Morgan fingerprint density at radius 2 is 2.10 bits per heavy atom. The third-order valence-electron chi connectivity index (χ3n) is 4.85. The zero-order valence-electron chi connectivity index (χ0n) is 17.0. The SMILES string of the molecule is CCNC(=NCC(C)(O)c1ccsc1)NCC(c1cccs1)N1CCOCC1.I. The van der Waals surface area contributed by atoms with Crippen LogP contribution in [0.15, 0.2) is 39.3 Å². The molecule has 3 rings (SSSR count). The monoisotopic (exact) mass is 550 g/mol. The molecule has 9 heteroatoms. The van der Waals surface area contributed by atoms with Crippen LogP contribution in [0, 0.1) is 0 Å². The topological polar surface area (TPSA) is 69.1 Å². The third kappa shape index (κ3) is 7.18. The molecule has 1 aliphatic rings. The van der Waals surface area contributed by atoms with Crippen molar-refractivity contribution in [3.63, 3.8) is 0 Å². The number of rotatable bonds is 8. The van der Waals surface area contributed by atoms with Crippen LogP contribution in [0.4, 0.5) is 0 Å². The Balaban J connectivity index is 0.00000300. The molecule has 2 atom stereocenters. The van der Waals surface area contributed by atoms with Gasteiger partial charge in [-0.2, -0.15) is 11.3 Å². The number of nitrogens with one attached hydrogen (secondary N) is 2. The van der Waals surface area contributed by atoms with E-state index in [1.807, 2.05) is 30.7 Å². The Morgan fingerprint density at radius 3 is 2.72 bits per heavy atom. The van der Waals surface area contributed by atoms with Crippen LogP contribution in [0.25, 0.3) is 0 Å². The molecule has 162 valence electrons. The molecule has 3 N–H and O–H groups in total. The summed E-state index contributed by atoms with van der Waals surface area (Å²) in [5.74, 6) is 0.729. The largest absolute Gasteiger partial charge is 0.383 e. The van der Waals surface area contributed by atoms with Crippen LogP contribution in [-0.2, 0) is 10.3 Å². The summed E-state index contributed by atoms with van der Waals surface area (Å²) in [4.78, 5) is 8.46. The highest BCUT2D eigenvalue weighted by Gasteiger charge is 2.25. The van der Waals surface area contributed by atoms with Gasteiger partial charge in [0.15, 0.2) is 5.96 Å². The predicted molar refractivity (Wildman–Crippen MR) is 133 cm³/mol. The average molecular weight is 551 g/mol. The van der Waals surface area contributed by atoms with Gasteiger partial charge in [-0.15, -0.1) is 35.3 Å². The van der Waals surface area contributed by atoms with Crippen molar-refractivity contribution in [2.24, 2.45) is 4.99 Å². The number of hydrogen-bond donors (Lipinski definition) is 3. The lowest BCUT2D eigenvalue weighted by atomic mass is 10.00. The van der Waals surface area contributed by atoms with Gasteiger partial charge in [0.05, 0.1) is 25.8 Å². The van der Waals surface area contributed by atoms with Crippen molar-refractivity contribution in [1.29, 1.82) is 0 Å². The lowest BCUT2D eigenvalue weighted by molar-refractivity contribution is 0.0177. The molecule has 2 aromatic rings. The molecule has 1 fully saturated rings. The van der Waals surface area contributed by atoms with E-state index in [-0.39, 0.29) is 30.0 Å². The molecule has 0 amide bonds. The first-order chi connectivity index (χ1) is 13.6. The van der Waals surface area contributed by atoms with Crippen LogP contribution in [-0.4, -0.2) is 61.9 Å². The summed E-state index contributed by atoms with van der Waals surface area (Å²) in [6, 6.07) is 6.53. The predicted octanol–water partition coefficient (Wildman–Crippen LogP) is 3.26. The zero-order chi connectivity index (χ0) is 19.8.